The summed E-state index contributed by atoms with van der Waals surface area (Å²) in [4.78, 5) is 9.39. The van der Waals surface area contributed by atoms with Crippen LogP contribution >= 0.6 is 0 Å². The van der Waals surface area contributed by atoms with Gasteiger partial charge in [-0.05, 0) is 32.0 Å². The molecule has 156 valence electrons. The average molecular weight is 427 g/mol. The molecule has 0 saturated heterocycles. The highest BCUT2D eigenvalue weighted by atomic mass is 32.2. The fraction of sp³-hybridized carbons (Fsp3) is 0.304. The lowest BCUT2D eigenvalue weighted by atomic mass is 9.65. The van der Waals surface area contributed by atoms with Crippen molar-refractivity contribution in [2.75, 3.05) is 6.26 Å². The van der Waals surface area contributed by atoms with Gasteiger partial charge in [0.1, 0.15) is 5.82 Å². The summed E-state index contributed by atoms with van der Waals surface area (Å²) in [6.07, 6.45) is 0.969. The van der Waals surface area contributed by atoms with Crippen LogP contribution in [0.5, 0.6) is 5.88 Å². The molecular weight excluding hydrogens is 403 g/mol. The van der Waals surface area contributed by atoms with Gasteiger partial charge in [0.2, 0.25) is 5.88 Å². The predicted molar refractivity (Wildman–Crippen MR) is 116 cm³/mol. The fourth-order valence-corrected chi connectivity index (χ4v) is 4.24. The van der Waals surface area contributed by atoms with E-state index in [1.54, 1.807) is 24.3 Å². The number of aliphatic imine (C=N–C) groups is 1. The van der Waals surface area contributed by atoms with Crippen LogP contribution in [0.15, 0.2) is 53.5 Å². The molecule has 3 aromatic rings. The van der Waals surface area contributed by atoms with E-state index in [2.05, 4.69) is 4.98 Å². The standard InChI is InChI=1S/C23H23FN2O3S/c1-22(2)19-15(10-8-11-17(19)24)20(26-23(22,3)4)16-13-14-9-6-7-12-18(14)25-21(16)29-30(5,27)28/h6-13H,1-5H3. The van der Waals surface area contributed by atoms with Gasteiger partial charge in [0.25, 0.3) is 0 Å². The Morgan fingerprint density at radius 2 is 1.67 bits per heavy atom. The molecular formula is C23H23FN2O3S. The van der Waals surface area contributed by atoms with E-state index < -0.39 is 21.1 Å². The molecule has 30 heavy (non-hydrogen) atoms. The Kier molecular flexibility index (Phi) is 4.51. The van der Waals surface area contributed by atoms with E-state index in [0.717, 1.165) is 11.6 Å². The van der Waals surface area contributed by atoms with E-state index in [-0.39, 0.29) is 11.7 Å². The number of rotatable bonds is 3. The van der Waals surface area contributed by atoms with Crippen LogP contribution in [-0.4, -0.2) is 30.9 Å². The summed E-state index contributed by atoms with van der Waals surface area (Å²) in [5, 5.41) is 0.802. The molecule has 1 aliphatic rings. The van der Waals surface area contributed by atoms with Crippen LogP contribution in [0, 0.1) is 5.82 Å². The predicted octanol–water partition coefficient (Wildman–Crippen LogP) is 4.62. The third-order valence-electron chi connectivity index (χ3n) is 5.99. The molecule has 0 spiro atoms. The Labute approximate surface area is 175 Å². The zero-order valence-corrected chi connectivity index (χ0v) is 18.3. The zero-order chi connectivity index (χ0) is 21.9. The van der Waals surface area contributed by atoms with Crippen LogP contribution in [0.2, 0.25) is 0 Å². The molecule has 4 rings (SSSR count). The molecule has 0 saturated carbocycles. The summed E-state index contributed by atoms with van der Waals surface area (Å²) in [5.41, 5.74) is 1.37. The Morgan fingerprint density at radius 3 is 2.37 bits per heavy atom. The Bertz CT molecular complexity index is 1310. The van der Waals surface area contributed by atoms with Crippen molar-refractivity contribution < 1.29 is 17.0 Å². The van der Waals surface area contributed by atoms with E-state index in [4.69, 9.17) is 9.18 Å². The van der Waals surface area contributed by atoms with E-state index in [1.165, 1.54) is 6.07 Å². The van der Waals surface area contributed by atoms with E-state index >= 15 is 4.39 Å². The van der Waals surface area contributed by atoms with E-state index in [0.29, 0.717) is 27.9 Å². The van der Waals surface area contributed by atoms with Gasteiger partial charge in [-0.2, -0.15) is 8.42 Å². The summed E-state index contributed by atoms with van der Waals surface area (Å²) in [7, 11) is -3.84. The van der Waals surface area contributed by atoms with Gasteiger partial charge in [0, 0.05) is 21.9 Å². The van der Waals surface area contributed by atoms with Crippen molar-refractivity contribution >= 4 is 26.7 Å². The maximum Gasteiger partial charge on any atom is 0.307 e. The quantitative estimate of drug-likeness (QED) is 0.573. The Hall–Kier alpha value is -2.80. The number of halogens is 1. The number of pyridine rings is 1. The van der Waals surface area contributed by atoms with Crippen molar-refractivity contribution in [2.24, 2.45) is 4.99 Å². The number of aromatic nitrogens is 1. The van der Waals surface area contributed by atoms with E-state index in [1.807, 2.05) is 45.9 Å². The minimum atomic E-state index is -3.84. The number of benzene rings is 2. The molecule has 0 N–H and O–H groups in total. The molecule has 0 aliphatic carbocycles. The number of para-hydroxylation sites is 1. The summed E-state index contributed by atoms with van der Waals surface area (Å²) in [5.74, 6) is -0.391. The normalized spacial score (nSPS) is 17.3. The lowest BCUT2D eigenvalue weighted by Crippen LogP contribution is -2.46. The van der Waals surface area contributed by atoms with Crippen molar-refractivity contribution in [3.8, 4) is 5.88 Å². The van der Waals surface area contributed by atoms with Crippen LogP contribution < -0.4 is 4.18 Å². The molecule has 0 amide bonds. The summed E-state index contributed by atoms with van der Waals surface area (Å²) in [6, 6.07) is 14.0. The van der Waals surface area contributed by atoms with Crippen LogP contribution in [0.4, 0.5) is 4.39 Å². The van der Waals surface area contributed by atoms with Crippen LogP contribution in [0.1, 0.15) is 44.4 Å². The van der Waals surface area contributed by atoms with Crippen LogP contribution in [-0.2, 0) is 15.5 Å². The highest BCUT2D eigenvalue weighted by molar-refractivity contribution is 7.86. The SMILES string of the molecule is CC1(C)N=C(c2cc3ccccc3nc2OS(C)(=O)=O)c2cccc(F)c2C1(C)C. The second-order valence-corrected chi connectivity index (χ2v) is 10.2. The fourth-order valence-electron chi connectivity index (χ4n) is 3.82. The second kappa shape index (κ2) is 6.60. The van der Waals surface area contributed by atoms with Crippen molar-refractivity contribution in [1.29, 1.82) is 0 Å². The molecule has 7 heteroatoms. The van der Waals surface area contributed by atoms with Crippen LogP contribution in [0.3, 0.4) is 0 Å². The number of fused-ring (bicyclic) bond motifs is 2. The average Bonchev–Trinajstić information content (AvgIpc) is 2.63. The number of hydrogen-bond donors (Lipinski definition) is 0. The zero-order valence-electron chi connectivity index (χ0n) is 17.5. The molecule has 5 nitrogen and oxygen atoms in total. The first kappa shape index (κ1) is 20.5. The van der Waals surface area contributed by atoms with Gasteiger partial charge < -0.3 is 4.18 Å². The summed E-state index contributed by atoms with van der Waals surface area (Å²) < 4.78 is 44.2. The first-order valence-electron chi connectivity index (χ1n) is 9.59. The first-order valence-corrected chi connectivity index (χ1v) is 11.4. The minimum Gasteiger partial charge on any atom is -0.361 e. The van der Waals surface area contributed by atoms with Gasteiger partial charge in [-0.3, -0.25) is 4.99 Å². The molecule has 2 aromatic carbocycles. The van der Waals surface area contributed by atoms with Gasteiger partial charge in [0.15, 0.2) is 0 Å². The molecule has 1 aromatic heterocycles. The summed E-state index contributed by atoms with van der Waals surface area (Å²) >= 11 is 0. The van der Waals surface area contributed by atoms with Crippen molar-refractivity contribution in [1.82, 2.24) is 4.98 Å². The maximum absolute atomic E-state index is 15.0. The van der Waals surface area contributed by atoms with Gasteiger partial charge in [0.05, 0.1) is 28.6 Å². The number of hydrogen-bond acceptors (Lipinski definition) is 5. The molecule has 2 heterocycles. The first-order chi connectivity index (χ1) is 13.9. The molecule has 0 fully saturated rings. The Balaban J connectivity index is 2.08. The third-order valence-corrected chi connectivity index (χ3v) is 6.45. The minimum absolute atomic E-state index is 0.0688. The second-order valence-electron chi connectivity index (χ2n) is 8.63. The molecule has 1 aliphatic heterocycles. The van der Waals surface area contributed by atoms with Crippen molar-refractivity contribution in [2.45, 2.75) is 38.6 Å². The smallest absolute Gasteiger partial charge is 0.307 e. The monoisotopic (exact) mass is 426 g/mol. The number of nitrogens with zero attached hydrogens (tertiary/aromatic N) is 2. The van der Waals surface area contributed by atoms with Crippen molar-refractivity contribution in [3.63, 3.8) is 0 Å². The molecule has 0 unspecified atom stereocenters. The highest BCUT2D eigenvalue weighted by Gasteiger charge is 2.46. The molecule has 0 radical (unpaired) electrons. The highest BCUT2D eigenvalue weighted by Crippen LogP contribution is 2.45. The maximum atomic E-state index is 15.0. The lowest BCUT2D eigenvalue weighted by molar-refractivity contribution is 0.293. The van der Waals surface area contributed by atoms with E-state index in [9.17, 15) is 8.42 Å². The van der Waals surface area contributed by atoms with Gasteiger partial charge in [-0.1, -0.05) is 44.2 Å². The largest absolute Gasteiger partial charge is 0.361 e. The van der Waals surface area contributed by atoms with Crippen LogP contribution in [0.25, 0.3) is 10.9 Å². The topological polar surface area (TPSA) is 68.6 Å². The Morgan fingerprint density at radius 1 is 0.967 bits per heavy atom. The van der Waals surface area contributed by atoms with Gasteiger partial charge in [-0.25, -0.2) is 9.37 Å². The molecule has 0 bridgehead atoms. The van der Waals surface area contributed by atoms with Crippen molar-refractivity contribution in [3.05, 3.63) is 71.0 Å². The lowest BCUT2D eigenvalue weighted by Gasteiger charge is -2.44. The third kappa shape index (κ3) is 3.27. The molecule has 0 atom stereocenters. The summed E-state index contributed by atoms with van der Waals surface area (Å²) in [6.45, 7) is 7.80. The van der Waals surface area contributed by atoms with Gasteiger partial charge >= 0.3 is 10.1 Å². The van der Waals surface area contributed by atoms with Gasteiger partial charge in [-0.15, -0.1) is 0 Å².